The minimum absolute atomic E-state index is 0.0262. The molecule has 0 aromatic heterocycles. The van der Waals surface area contributed by atoms with E-state index in [9.17, 15) is 45.8 Å². The fourth-order valence-electron chi connectivity index (χ4n) is 5.55. The van der Waals surface area contributed by atoms with Crippen molar-refractivity contribution in [3.05, 3.63) is 134 Å². The van der Waals surface area contributed by atoms with Crippen LogP contribution in [0.15, 0.2) is 78.9 Å². The van der Waals surface area contributed by atoms with Gasteiger partial charge in [-0.1, -0.05) is 48.5 Å². The highest BCUT2D eigenvalue weighted by molar-refractivity contribution is 6.11. The van der Waals surface area contributed by atoms with Crippen molar-refractivity contribution < 1.29 is 45.8 Å². The van der Waals surface area contributed by atoms with E-state index in [-0.39, 0.29) is 33.5 Å². The summed E-state index contributed by atoms with van der Waals surface area (Å²) in [6.45, 7) is 5.78. The second kappa shape index (κ2) is 13.2. The molecule has 6 nitrogen and oxygen atoms in total. The van der Waals surface area contributed by atoms with Gasteiger partial charge in [0.25, 0.3) is 11.8 Å². The number of carboxylic acid groups (broad SMARTS) is 1. The maximum atomic E-state index is 14.8. The number of anilines is 1. The van der Waals surface area contributed by atoms with Crippen molar-refractivity contribution in [2.24, 2.45) is 0 Å². The molecule has 3 N–H and O–H groups in total. The SMILES string of the molecule is CNC(=O)c1cccc(C(C)(c2ccc(C(=O)O)c(C(=O)Nc3ccc(C(c4ccc(C)c(C)c4)C(F)(F)F)cc3C)c2)C(F)(F)F)c1. The summed E-state index contributed by atoms with van der Waals surface area (Å²) in [7, 11) is 1.32. The van der Waals surface area contributed by atoms with Crippen LogP contribution in [0.1, 0.15) is 82.9 Å². The van der Waals surface area contributed by atoms with E-state index in [1.807, 2.05) is 0 Å². The van der Waals surface area contributed by atoms with E-state index in [2.05, 4.69) is 10.6 Å². The third kappa shape index (κ3) is 6.92. The Morgan fingerprint density at radius 2 is 1.29 bits per heavy atom. The molecule has 0 saturated heterocycles. The number of nitrogens with one attached hydrogen (secondary N) is 2. The van der Waals surface area contributed by atoms with Gasteiger partial charge in [0.1, 0.15) is 11.3 Å². The van der Waals surface area contributed by atoms with Gasteiger partial charge in [-0.05, 0) is 97.0 Å². The minimum atomic E-state index is -4.97. The maximum absolute atomic E-state index is 14.8. The number of rotatable bonds is 8. The fourth-order valence-corrected chi connectivity index (χ4v) is 5.55. The lowest BCUT2D eigenvalue weighted by molar-refractivity contribution is -0.173. The zero-order valence-electron chi connectivity index (χ0n) is 26.5. The van der Waals surface area contributed by atoms with Gasteiger partial charge in [-0.25, -0.2) is 4.79 Å². The maximum Gasteiger partial charge on any atom is 0.402 e. The minimum Gasteiger partial charge on any atom is -0.478 e. The third-order valence-electron chi connectivity index (χ3n) is 8.59. The van der Waals surface area contributed by atoms with E-state index in [4.69, 9.17) is 0 Å². The Kier molecular flexibility index (Phi) is 9.80. The topological polar surface area (TPSA) is 95.5 Å². The summed E-state index contributed by atoms with van der Waals surface area (Å²) in [6, 6.07) is 15.6. The molecule has 4 aromatic rings. The monoisotopic (exact) mass is 670 g/mol. The molecule has 0 aliphatic carbocycles. The van der Waals surface area contributed by atoms with Crippen LogP contribution >= 0.6 is 0 Å². The van der Waals surface area contributed by atoms with Gasteiger partial charge in [0.05, 0.1) is 11.1 Å². The van der Waals surface area contributed by atoms with Crippen molar-refractivity contribution in [2.75, 3.05) is 12.4 Å². The first-order chi connectivity index (χ1) is 22.3. The van der Waals surface area contributed by atoms with Crippen LogP contribution in [0.5, 0.6) is 0 Å². The van der Waals surface area contributed by atoms with Gasteiger partial charge in [0.15, 0.2) is 0 Å². The number of aryl methyl sites for hydroxylation is 3. The molecule has 0 heterocycles. The van der Waals surface area contributed by atoms with Crippen LogP contribution in [0.2, 0.25) is 0 Å². The molecule has 0 spiro atoms. The molecule has 12 heteroatoms. The summed E-state index contributed by atoms with van der Waals surface area (Å²) >= 11 is 0. The fraction of sp³-hybridized carbons (Fsp3) is 0.250. The van der Waals surface area contributed by atoms with Crippen LogP contribution in [0.4, 0.5) is 32.0 Å². The lowest BCUT2D eigenvalue weighted by Crippen LogP contribution is -2.41. The number of halogens is 6. The molecule has 48 heavy (non-hydrogen) atoms. The highest BCUT2D eigenvalue weighted by Crippen LogP contribution is 2.47. The zero-order chi connectivity index (χ0) is 35.8. The van der Waals surface area contributed by atoms with Gasteiger partial charge in [0.2, 0.25) is 0 Å². The molecule has 2 unspecified atom stereocenters. The number of benzene rings is 4. The second-order valence-electron chi connectivity index (χ2n) is 11.7. The Morgan fingerprint density at radius 1 is 0.688 bits per heavy atom. The lowest BCUT2D eigenvalue weighted by Gasteiger charge is -2.34. The van der Waals surface area contributed by atoms with Gasteiger partial charge in [0, 0.05) is 18.3 Å². The largest absolute Gasteiger partial charge is 0.478 e. The molecule has 0 fully saturated rings. The Balaban J connectivity index is 1.77. The number of alkyl halides is 6. The molecule has 0 radical (unpaired) electrons. The van der Waals surface area contributed by atoms with Gasteiger partial charge >= 0.3 is 18.3 Å². The Bertz CT molecular complexity index is 1900. The van der Waals surface area contributed by atoms with Crippen LogP contribution < -0.4 is 10.6 Å². The molecule has 0 aliphatic heterocycles. The van der Waals surface area contributed by atoms with E-state index in [1.54, 1.807) is 19.9 Å². The zero-order valence-corrected chi connectivity index (χ0v) is 26.5. The Labute approximate surface area is 272 Å². The quantitative estimate of drug-likeness (QED) is 0.164. The summed E-state index contributed by atoms with van der Waals surface area (Å²) in [5.41, 5.74) is -3.18. The Hall–Kier alpha value is -5.13. The van der Waals surface area contributed by atoms with Crippen LogP contribution in [-0.4, -0.2) is 42.3 Å². The molecule has 4 rings (SSSR count). The summed E-state index contributed by atoms with van der Waals surface area (Å²) in [5, 5.41) is 14.6. The smallest absolute Gasteiger partial charge is 0.402 e. The molecule has 2 amide bonds. The van der Waals surface area contributed by atoms with Crippen molar-refractivity contribution in [2.45, 2.75) is 51.4 Å². The van der Waals surface area contributed by atoms with Crippen molar-refractivity contribution in [1.82, 2.24) is 5.32 Å². The summed E-state index contributed by atoms with van der Waals surface area (Å²) in [4.78, 5) is 37.8. The van der Waals surface area contributed by atoms with Crippen molar-refractivity contribution in [3.8, 4) is 0 Å². The summed E-state index contributed by atoms with van der Waals surface area (Å²) < 4.78 is 87.4. The molecule has 252 valence electrons. The number of carboxylic acids is 1. The molecular weight excluding hydrogens is 638 g/mol. The molecule has 4 aromatic carbocycles. The van der Waals surface area contributed by atoms with Gasteiger partial charge < -0.3 is 15.7 Å². The normalized spacial score (nSPS) is 13.7. The Morgan fingerprint density at radius 3 is 1.83 bits per heavy atom. The highest BCUT2D eigenvalue weighted by Gasteiger charge is 2.54. The van der Waals surface area contributed by atoms with Crippen LogP contribution in [0, 0.1) is 20.8 Å². The van der Waals surface area contributed by atoms with Crippen molar-refractivity contribution in [1.29, 1.82) is 0 Å². The molecular formula is C36H32F6N2O4. The second-order valence-corrected chi connectivity index (χ2v) is 11.7. The number of hydrogen-bond donors (Lipinski definition) is 3. The van der Waals surface area contributed by atoms with Gasteiger partial charge in [-0.3, -0.25) is 9.59 Å². The first kappa shape index (κ1) is 35.7. The van der Waals surface area contributed by atoms with E-state index in [0.717, 1.165) is 36.8 Å². The van der Waals surface area contributed by atoms with Crippen LogP contribution in [-0.2, 0) is 5.41 Å². The number of carbonyl (C=O) groups excluding carboxylic acids is 2. The van der Waals surface area contributed by atoms with Crippen molar-refractivity contribution >= 4 is 23.5 Å². The highest BCUT2D eigenvalue weighted by atomic mass is 19.4. The van der Waals surface area contributed by atoms with Crippen LogP contribution in [0.3, 0.4) is 0 Å². The molecule has 0 saturated carbocycles. The first-order valence-corrected chi connectivity index (χ1v) is 14.6. The van der Waals surface area contributed by atoms with Gasteiger partial charge in [-0.15, -0.1) is 0 Å². The number of aromatic carboxylic acids is 1. The molecule has 2 atom stereocenters. The predicted octanol–water partition coefficient (Wildman–Crippen LogP) is 8.48. The molecule has 0 bridgehead atoms. The van der Waals surface area contributed by atoms with Crippen molar-refractivity contribution in [3.63, 3.8) is 0 Å². The average molecular weight is 671 g/mol. The van der Waals surface area contributed by atoms with E-state index in [0.29, 0.717) is 5.56 Å². The molecule has 0 aliphatic rings. The van der Waals surface area contributed by atoms with E-state index < -0.39 is 58.2 Å². The average Bonchev–Trinajstić information content (AvgIpc) is 3.01. The number of carbonyl (C=O) groups is 3. The van der Waals surface area contributed by atoms with E-state index >= 15 is 0 Å². The van der Waals surface area contributed by atoms with Gasteiger partial charge in [-0.2, -0.15) is 26.3 Å². The standard InChI is InChI=1S/C36H32F6N2O4/c1-19-9-10-22(15-20(19)2)30(35(37,38)39)23-11-14-29(21(3)16-23)44-32(46)28-18-26(12-13-27(28)33(47)48)34(4,36(40,41)42)25-8-6-7-24(17-25)31(45)43-5/h6-18,30H,1-5H3,(H,43,45)(H,44,46)(H,47,48). The number of hydrogen-bond acceptors (Lipinski definition) is 3. The predicted molar refractivity (Wildman–Crippen MR) is 169 cm³/mol. The third-order valence-corrected chi connectivity index (χ3v) is 8.59. The number of amides is 2. The van der Waals surface area contributed by atoms with E-state index in [1.165, 1.54) is 62.5 Å². The first-order valence-electron chi connectivity index (χ1n) is 14.6. The van der Waals surface area contributed by atoms with Crippen LogP contribution in [0.25, 0.3) is 0 Å². The summed E-state index contributed by atoms with van der Waals surface area (Å²) in [6.07, 6.45) is -9.62. The lowest BCUT2D eigenvalue weighted by atomic mass is 9.74. The summed E-state index contributed by atoms with van der Waals surface area (Å²) in [5.74, 6) is -5.28.